The lowest BCUT2D eigenvalue weighted by Gasteiger charge is -2.15. The number of hydrogen-bond donors (Lipinski definition) is 2. The lowest BCUT2D eigenvalue weighted by molar-refractivity contribution is -0.139. The standard InChI is InChI=1S/C20H23NO4/c1-2-3-8-15-11-7-12-17(13-15)25-20(24)21-18(19(22)23)14-16-9-5-4-6-10-16/h4-7,9-13,18H,2-3,8,14H2,1H3,(H,21,24)(H,22,23). The van der Waals surface area contributed by atoms with Crippen LogP contribution in [-0.4, -0.2) is 23.2 Å². The highest BCUT2D eigenvalue weighted by atomic mass is 16.6. The molecule has 2 aromatic rings. The van der Waals surface area contributed by atoms with Gasteiger partial charge in [-0.1, -0.05) is 55.8 Å². The molecule has 1 amide bonds. The Bertz CT molecular complexity index is 700. The highest BCUT2D eigenvalue weighted by Gasteiger charge is 2.21. The van der Waals surface area contributed by atoms with Crippen molar-refractivity contribution in [2.75, 3.05) is 0 Å². The van der Waals surface area contributed by atoms with Gasteiger partial charge in [0, 0.05) is 6.42 Å². The molecular weight excluding hydrogens is 318 g/mol. The fraction of sp³-hybridized carbons (Fsp3) is 0.300. The normalized spacial score (nSPS) is 11.6. The molecule has 0 saturated heterocycles. The van der Waals surface area contributed by atoms with Gasteiger partial charge in [-0.05, 0) is 36.1 Å². The predicted molar refractivity (Wildman–Crippen MR) is 95.8 cm³/mol. The van der Waals surface area contributed by atoms with Crippen molar-refractivity contribution in [2.45, 2.75) is 38.6 Å². The number of benzene rings is 2. The molecule has 0 aliphatic carbocycles. The number of unbranched alkanes of at least 4 members (excludes halogenated alkanes) is 1. The molecule has 2 aromatic carbocycles. The summed E-state index contributed by atoms with van der Waals surface area (Å²) in [6.07, 6.45) is 2.50. The van der Waals surface area contributed by atoms with E-state index in [0.717, 1.165) is 30.4 Å². The number of hydrogen-bond acceptors (Lipinski definition) is 3. The highest BCUT2D eigenvalue weighted by molar-refractivity contribution is 5.81. The average molecular weight is 341 g/mol. The Balaban J connectivity index is 1.96. The second kappa shape index (κ2) is 9.47. The Morgan fingerprint density at radius 2 is 1.80 bits per heavy atom. The maximum absolute atomic E-state index is 12.0. The largest absolute Gasteiger partial charge is 0.480 e. The van der Waals surface area contributed by atoms with Gasteiger partial charge >= 0.3 is 12.1 Å². The molecule has 0 spiro atoms. The van der Waals surface area contributed by atoms with Gasteiger partial charge in [0.15, 0.2) is 0 Å². The van der Waals surface area contributed by atoms with Gasteiger partial charge in [-0.25, -0.2) is 9.59 Å². The van der Waals surface area contributed by atoms with E-state index in [1.807, 2.05) is 48.5 Å². The van der Waals surface area contributed by atoms with Crippen molar-refractivity contribution in [2.24, 2.45) is 0 Å². The van der Waals surface area contributed by atoms with Crippen molar-refractivity contribution in [1.82, 2.24) is 5.32 Å². The lowest BCUT2D eigenvalue weighted by Crippen LogP contribution is -2.43. The second-order valence-corrected chi connectivity index (χ2v) is 5.87. The Kier molecular flexibility index (Phi) is 7.01. The van der Waals surface area contributed by atoms with Gasteiger partial charge in [0.2, 0.25) is 0 Å². The second-order valence-electron chi connectivity index (χ2n) is 5.87. The number of nitrogens with one attached hydrogen (secondary N) is 1. The number of amides is 1. The molecule has 0 aliphatic heterocycles. The molecule has 1 atom stereocenters. The first-order valence-electron chi connectivity index (χ1n) is 8.42. The minimum absolute atomic E-state index is 0.196. The number of carboxylic acid groups (broad SMARTS) is 1. The third-order valence-electron chi connectivity index (χ3n) is 3.80. The van der Waals surface area contributed by atoms with E-state index in [0.29, 0.717) is 5.75 Å². The van der Waals surface area contributed by atoms with Crippen LogP contribution in [0.1, 0.15) is 30.9 Å². The third kappa shape index (κ3) is 6.30. The van der Waals surface area contributed by atoms with Crippen molar-refractivity contribution in [3.63, 3.8) is 0 Å². The zero-order valence-electron chi connectivity index (χ0n) is 14.3. The maximum Gasteiger partial charge on any atom is 0.413 e. The summed E-state index contributed by atoms with van der Waals surface area (Å²) in [4.78, 5) is 23.4. The molecule has 132 valence electrons. The summed E-state index contributed by atoms with van der Waals surface area (Å²) in [6, 6.07) is 15.4. The highest BCUT2D eigenvalue weighted by Crippen LogP contribution is 2.15. The van der Waals surface area contributed by atoms with E-state index in [-0.39, 0.29) is 6.42 Å². The van der Waals surface area contributed by atoms with E-state index < -0.39 is 18.1 Å². The maximum atomic E-state index is 12.0. The third-order valence-corrected chi connectivity index (χ3v) is 3.80. The molecule has 5 nitrogen and oxygen atoms in total. The summed E-state index contributed by atoms with van der Waals surface area (Å²) >= 11 is 0. The van der Waals surface area contributed by atoms with Crippen LogP contribution >= 0.6 is 0 Å². The van der Waals surface area contributed by atoms with Crippen LogP contribution in [0.3, 0.4) is 0 Å². The fourth-order valence-electron chi connectivity index (χ4n) is 2.47. The van der Waals surface area contributed by atoms with E-state index in [1.165, 1.54) is 0 Å². The van der Waals surface area contributed by atoms with Crippen LogP contribution in [0.2, 0.25) is 0 Å². The molecular formula is C20H23NO4. The quantitative estimate of drug-likeness (QED) is 0.765. The molecule has 25 heavy (non-hydrogen) atoms. The molecule has 0 fully saturated rings. The minimum Gasteiger partial charge on any atom is -0.480 e. The van der Waals surface area contributed by atoms with Crippen molar-refractivity contribution >= 4 is 12.1 Å². The molecule has 0 aliphatic rings. The van der Waals surface area contributed by atoms with Crippen LogP contribution in [0, 0.1) is 0 Å². The SMILES string of the molecule is CCCCc1cccc(OC(=O)NC(Cc2ccccc2)C(=O)O)c1. The van der Waals surface area contributed by atoms with Crippen LogP contribution in [0.4, 0.5) is 4.79 Å². The van der Waals surface area contributed by atoms with Crippen LogP contribution in [0.15, 0.2) is 54.6 Å². The molecule has 2 rings (SSSR count). The Labute approximate surface area is 147 Å². The summed E-state index contributed by atoms with van der Waals surface area (Å²) in [6.45, 7) is 2.12. The van der Waals surface area contributed by atoms with Gasteiger partial charge < -0.3 is 15.2 Å². The summed E-state index contributed by atoms with van der Waals surface area (Å²) in [5, 5.41) is 11.7. The van der Waals surface area contributed by atoms with Crippen molar-refractivity contribution < 1.29 is 19.4 Å². The molecule has 1 unspecified atom stereocenters. The zero-order valence-corrected chi connectivity index (χ0v) is 14.3. The van der Waals surface area contributed by atoms with E-state index in [4.69, 9.17) is 4.74 Å². The number of carboxylic acids is 1. The molecule has 0 aromatic heterocycles. The van der Waals surface area contributed by atoms with E-state index in [1.54, 1.807) is 6.07 Å². The van der Waals surface area contributed by atoms with Crippen LogP contribution < -0.4 is 10.1 Å². The number of aryl methyl sites for hydroxylation is 1. The minimum atomic E-state index is -1.10. The Morgan fingerprint density at radius 3 is 2.48 bits per heavy atom. The van der Waals surface area contributed by atoms with Crippen molar-refractivity contribution in [3.8, 4) is 5.75 Å². The topological polar surface area (TPSA) is 75.6 Å². The zero-order chi connectivity index (χ0) is 18.1. The van der Waals surface area contributed by atoms with Crippen LogP contribution in [-0.2, 0) is 17.6 Å². The summed E-state index contributed by atoms with van der Waals surface area (Å²) in [7, 11) is 0. The van der Waals surface area contributed by atoms with Gasteiger partial charge in [0.05, 0.1) is 0 Å². The number of rotatable bonds is 8. The lowest BCUT2D eigenvalue weighted by atomic mass is 10.1. The monoisotopic (exact) mass is 341 g/mol. The van der Waals surface area contributed by atoms with Crippen molar-refractivity contribution in [3.05, 3.63) is 65.7 Å². The van der Waals surface area contributed by atoms with Gasteiger partial charge in [0.25, 0.3) is 0 Å². The molecule has 0 radical (unpaired) electrons. The first-order valence-corrected chi connectivity index (χ1v) is 8.42. The fourth-order valence-corrected chi connectivity index (χ4v) is 2.47. The number of ether oxygens (including phenoxy) is 1. The van der Waals surface area contributed by atoms with Gasteiger partial charge in [-0.3, -0.25) is 0 Å². The Hall–Kier alpha value is -2.82. The van der Waals surface area contributed by atoms with Gasteiger partial charge in [-0.15, -0.1) is 0 Å². The first kappa shape index (κ1) is 18.5. The average Bonchev–Trinajstić information content (AvgIpc) is 2.60. The van der Waals surface area contributed by atoms with E-state index >= 15 is 0 Å². The van der Waals surface area contributed by atoms with Gasteiger partial charge in [0.1, 0.15) is 11.8 Å². The number of carbonyl (C=O) groups is 2. The summed E-state index contributed by atoms with van der Waals surface area (Å²) in [5.74, 6) is -0.688. The number of aliphatic carboxylic acids is 1. The summed E-state index contributed by atoms with van der Waals surface area (Å²) in [5.41, 5.74) is 1.92. The van der Waals surface area contributed by atoms with Gasteiger partial charge in [-0.2, -0.15) is 0 Å². The first-order chi connectivity index (χ1) is 12.1. The van der Waals surface area contributed by atoms with E-state index in [2.05, 4.69) is 12.2 Å². The van der Waals surface area contributed by atoms with Crippen LogP contribution in [0.25, 0.3) is 0 Å². The molecule has 2 N–H and O–H groups in total. The van der Waals surface area contributed by atoms with Crippen molar-refractivity contribution in [1.29, 1.82) is 0 Å². The molecule has 0 heterocycles. The summed E-state index contributed by atoms with van der Waals surface area (Å²) < 4.78 is 5.24. The van der Waals surface area contributed by atoms with Crippen LogP contribution in [0.5, 0.6) is 5.75 Å². The molecule has 0 bridgehead atoms. The predicted octanol–water partition coefficient (Wildman–Crippen LogP) is 3.81. The number of carbonyl (C=O) groups excluding carboxylic acids is 1. The molecule has 5 heteroatoms. The Morgan fingerprint density at radius 1 is 1.08 bits per heavy atom. The smallest absolute Gasteiger partial charge is 0.413 e. The van der Waals surface area contributed by atoms with E-state index in [9.17, 15) is 14.7 Å². The molecule has 0 saturated carbocycles.